The molecule has 0 rings (SSSR count). The van der Waals surface area contributed by atoms with Gasteiger partial charge in [0.2, 0.25) is 0 Å². The molecular formula is C7H17NO2Si. The standard InChI is InChI=1S/C7H17NO2Si/c1-4-5-11(2,3)6-10-7(8)9/h4-6H2,1-3H3,(H2,8,9). The molecule has 0 spiro atoms. The van der Waals surface area contributed by atoms with E-state index in [0.29, 0.717) is 6.23 Å². The predicted octanol–water partition coefficient (Wildman–Crippen LogP) is 1.74. The number of rotatable bonds is 4. The molecular weight excluding hydrogens is 158 g/mol. The maximum absolute atomic E-state index is 10.3. The van der Waals surface area contributed by atoms with Gasteiger partial charge >= 0.3 is 6.09 Å². The first-order valence-corrected chi connectivity index (χ1v) is 7.31. The van der Waals surface area contributed by atoms with E-state index in [-0.39, 0.29) is 0 Å². The number of hydrogen-bond acceptors (Lipinski definition) is 2. The average Bonchev–Trinajstić information content (AvgIpc) is 1.84. The molecule has 0 aromatic carbocycles. The van der Waals surface area contributed by atoms with Gasteiger partial charge in [0.15, 0.2) is 0 Å². The van der Waals surface area contributed by atoms with Crippen LogP contribution < -0.4 is 5.73 Å². The third-order valence-electron chi connectivity index (χ3n) is 1.53. The quantitative estimate of drug-likeness (QED) is 0.662. The molecule has 0 atom stereocenters. The van der Waals surface area contributed by atoms with E-state index in [1.54, 1.807) is 0 Å². The summed E-state index contributed by atoms with van der Waals surface area (Å²) in [6.07, 6.45) is 1.05. The van der Waals surface area contributed by atoms with E-state index < -0.39 is 14.2 Å². The Labute approximate surface area is 68.9 Å². The van der Waals surface area contributed by atoms with Crippen molar-refractivity contribution in [3.8, 4) is 0 Å². The van der Waals surface area contributed by atoms with E-state index in [2.05, 4.69) is 20.0 Å². The number of ether oxygens (including phenoxy) is 1. The van der Waals surface area contributed by atoms with Crippen LogP contribution in [0.4, 0.5) is 4.79 Å². The number of carbonyl (C=O) groups excluding carboxylic acids is 1. The van der Waals surface area contributed by atoms with Crippen molar-refractivity contribution in [1.29, 1.82) is 0 Å². The minimum atomic E-state index is -1.29. The molecule has 2 N–H and O–H groups in total. The molecule has 0 aliphatic rings. The molecule has 0 unspecified atom stereocenters. The first-order valence-electron chi connectivity index (χ1n) is 3.90. The van der Waals surface area contributed by atoms with Gasteiger partial charge in [-0.1, -0.05) is 32.5 Å². The molecule has 0 heterocycles. The molecule has 0 aliphatic carbocycles. The van der Waals surface area contributed by atoms with E-state index in [1.807, 2.05) is 0 Å². The van der Waals surface area contributed by atoms with Crippen molar-refractivity contribution >= 4 is 14.2 Å². The summed E-state index contributed by atoms with van der Waals surface area (Å²) in [5.41, 5.74) is 4.86. The second-order valence-corrected chi connectivity index (χ2v) is 8.64. The highest BCUT2D eigenvalue weighted by Crippen LogP contribution is 2.11. The third kappa shape index (κ3) is 5.91. The van der Waals surface area contributed by atoms with Crippen molar-refractivity contribution in [2.45, 2.75) is 32.5 Å². The Hall–Kier alpha value is -0.513. The Morgan fingerprint density at radius 2 is 2.09 bits per heavy atom. The van der Waals surface area contributed by atoms with Gasteiger partial charge in [-0.05, 0) is 0 Å². The smallest absolute Gasteiger partial charge is 0.404 e. The molecule has 66 valence electrons. The molecule has 0 aromatic rings. The van der Waals surface area contributed by atoms with Crippen LogP contribution in [0, 0.1) is 0 Å². The Morgan fingerprint density at radius 3 is 2.45 bits per heavy atom. The summed E-state index contributed by atoms with van der Waals surface area (Å²) in [5.74, 6) is 0. The van der Waals surface area contributed by atoms with Crippen LogP contribution in [0.1, 0.15) is 13.3 Å². The molecule has 0 saturated heterocycles. The number of primary amides is 1. The monoisotopic (exact) mass is 175 g/mol. The largest absolute Gasteiger partial charge is 0.453 e. The second kappa shape index (κ2) is 4.38. The zero-order valence-corrected chi connectivity index (χ0v) is 8.52. The van der Waals surface area contributed by atoms with Crippen molar-refractivity contribution < 1.29 is 9.53 Å². The van der Waals surface area contributed by atoms with Gasteiger partial charge in [0.05, 0.1) is 14.3 Å². The van der Waals surface area contributed by atoms with E-state index in [0.717, 1.165) is 6.42 Å². The van der Waals surface area contributed by atoms with Crippen molar-refractivity contribution in [3.63, 3.8) is 0 Å². The van der Waals surface area contributed by atoms with Crippen molar-refractivity contribution in [2.24, 2.45) is 5.73 Å². The summed E-state index contributed by atoms with van der Waals surface area (Å²) < 4.78 is 4.76. The van der Waals surface area contributed by atoms with E-state index in [1.165, 1.54) is 6.04 Å². The highest BCUT2D eigenvalue weighted by molar-refractivity contribution is 6.77. The maximum Gasteiger partial charge on any atom is 0.404 e. The van der Waals surface area contributed by atoms with Crippen LogP contribution in [0.5, 0.6) is 0 Å². The van der Waals surface area contributed by atoms with Gasteiger partial charge in [-0.2, -0.15) is 0 Å². The Balaban J connectivity index is 3.63. The van der Waals surface area contributed by atoms with Gasteiger partial charge in [-0.25, -0.2) is 4.79 Å². The number of carbonyl (C=O) groups is 1. The van der Waals surface area contributed by atoms with Crippen molar-refractivity contribution in [1.82, 2.24) is 0 Å². The maximum atomic E-state index is 10.3. The zero-order chi connectivity index (χ0) is 8.91. The molecule has 0 aromatic heterocycles. The first kappa shape index (κ1) is 10.5. The van der Waals surface area contributed by atoms with Crippen molar-refractivity contribution in [3.05, 3.63) is 0 Å². The molecule has 0 bridgehead atoms. The van der Waals surface area contributed by atoms with Gasteiger partial charge in [0, 0.05) is 0 Å². The van der Waals surface area contributed by atoms with E-state index in [4.69, 9.17) is 10.5 Å². The molecule has 0 radical (unpaired) electrons. The lowest BCUT2D eigenvalue weighted by Gasteiger charge is -2.19. The predicted molar refractivity (Wildman–Crippen MR) is 48.1 cm³/mol. The molecule has 4 heteroatoms. The molecule has 11 heavy (non-hydrogen) atoms. The summed E-state index contributed by atoms with van der Waals surface area (Å²) >= 11 is 0. The fourth-order valence-electron chi connectivity index (χ4n) is 1.02. The normalized spacial score (nSPS) is 11.2. The summed E-state index contributed by atoms with van der Waals surface area (Å²) in [6, 6.07) is 1.18. The lowest BCUT2D eigenvalue weighted by Crippen LogP contribution is -2.34. The minimum Gasteiger partial charge on any atom is -0.453 e. The van der Waals surface area contributed by atoms with Crippen LogP contribution in [0.25, 0.3) is 0 Å². The van der Waals surface area contributed by atoms with Crippen LogP contribution in [-0.4, -0.2) is 20.4 Å². The van der Waals surface area contributed by atoms with Crippen LogP contribution in [0.15, 0.2) is 0 Å². The highest BCUT2D eigenvalue weighted by atomic mass is 28.3. The lowest BCUT2D eigenvalue weighted by atomic mass is 10.6. The average molecular weight is 175 g/mol. The topological polar surface area (TPSA) is 52.3 Å². The number of nitrogens with two attached hydrogens (primary N) is 1. The van der Waals surface area contributed by atoms with Gasteiger partial charge in [0.25, 0.3) is 0 Å². The van der Waals surface area contributed by atoms with Crippen LogP contribution >= 0.6 is 0 Å². The van der Waals surface area contributed by atoms with Crippen LogP contribution in [-0.2, 0) is 4.74 Å². The van der Waals surface area contributed by atoms with E-state index in [9.17, 15) is 4.79 Å². The van der Waals surface area contributed by atoms with E-state index >= 15 is 0 Å². The SMILES string of the molecule is CCC[Si](C)(C)COC(N)=O. The zero-order valence-electron chi connectivity index (χ0n) is 7.52. The highest BCUT2D eigenvalue weighted by Gasteiger charge is 2.20. The fraction of sp³-hybridized carbons (Fsp3) is 0.857. The summed E-state index contributed by atoms with van der Waals surface area (Å²) in [4.78, 5) is 10.3. The van der Waals surface area contributed by atoms with Crippen LogP contribution in [0.2, 0.25) is 19.1 Å². The minimum absolute atomic E-state index is 0.552. The summed E-state index contributed by atoms with van der Waals surface area (Å²) in [5, 5.41) is 0. The van der Waals surface area contributed by atoms with Gasteiger partial charge in [-0.3, -0.25) is 0 Å². The Morgan fingerprint density at radius 1 is 1.55 bits per heavy atom. The lowest BCUT2D eigenvalue weighted by molar-refractivity contribution is 0.173. The van der Waals surface area contributed by atoms with Gasteiger partial charge in [0.1, 0.15) is 0 Å². The van der Waals surface area contributed by atoms with Gasteiger partial charge < -0.3 is 10.5 Å². The third-order valence-corrected chi connectivity index (χ3v) is 4.31. The Kier molecular flexibility index (Phi) is 4.18. The molecule has 0 aliphatic heterocycles. The summed E-state index contributed by atoms with van der Waals surface area (Å²) in [7, 11) is -1.29. The molecule has 1 amide bonds. The molecule has 3 nitrogen and oxygen atoms in total. The van der Waals surface area contributed by atoms with Gasteiger partial charge in [-0.15, -0.1) is 0 Å². The Bertz CT molecular complexity index is 136. The second-order valence-electron chi connectivity index (χ2n) is 3.52. The van der Waals surface area contributed by atoms with Crippen molar-refractivity contribution in [2.75, 3.05) is 6.23 Å². The summed E-state index contributed by atoms with van der Waals surface area (Å²) in [6.45, 7) is 6.53. The van der Waals surface area contributed by atoms with Crippen LogP contribution in [0.3, 0.4) is 0 Å². The number of amides is 1. The number of hydrogen-bond donors (Lipinski definition) is 1. The molecule has 0 saturated carbocycles. The fourth-order valence-corrected chi connectivity index (χ4v) is 3.05. The first-order chi connectivity index (χ1) is 4.98. The molecule has 0 fully saturated rings.